The summed E-state index contributed by atoms with van der Waals surface area (Å²) in [4.78, 5) is 0. The van der Waals surface area contributed by atoms with Crippen molar-refractivity contribution in [1.82, 2.24) is 0 Å². The van der Waals surface area contributed by atoms with E-state index in [9.17, 15) is 0 Å². The van der Waals surface area contributed by atoms with Gasteiger partial charge in [0.15, 0.2) is 0 Å². The lowest BCUT2D eigenvalue weighted by Crippen LogP contribution is -1.99. The minimum atomic E-state index is 0.822. The lowest BCUT2D eigenvalue weighted by molar-refractivity contribution is 0.944. The average Bonchev–Trinajstić information content (AvgIpc) is 1.89. The Morgan fingerprint density at radius 3 is 2.89 bits per heavy atom. The number of thioether (sulfide) groups is 1. The predicted octanol–water partition coefficient (Wildman–Crippen LogP) is 1.64. The Bertz CT molecular complexity index is 71.3. The van der Waals surface area contributed by atoms with Gasteiger partial charge in [-0.15, -0.1) is 0 Å². The smallest absolute Gasteiger partial charge is 0.0113 e. The Morgan fingerprint density at radius 1 is 1.56 bits per heavy atom. The molecule has 0 heterocycles. The second kappa shape index (κ2) is 8.05. The average molecular weight is 145 g/mol. The van der Waals surface area contributed by atoms with E-state index in [1.807, 2.05) is 18.7 Å². The zero-order valence-electron chi connectivity index (χ0n) is 5.97. The number of rotatable bonds is 5. The maximum Gasteiger partial charge on any atom is 0.0113 e. The van der Waals surface area contributed by atoms with E-state index >= 15 is 0 Å². The molecule has 0 unspecified atom stereocenters. The third-order valence-corrected chi connectivity index (χ3v) is 1.95. The molecular weight excluding hydrogens is 130 g/mol. The highest BCUT2D eigenvalue weighted by molar-refractivity contribution is 7.99. The summed E-state index contributed by atoms with van der Waals surface area (Å²) in [5.41, 5.74) is 5.31. The van der Waals surface area contributed by atoms with Gasteiger partial charge in [0, 0.05) is 5.75 Å². The van der Waals surface area contributed by atoms with Gasteiger partial charge >= 0.3 is 0 Å². The number of hydrogen-bond donors (Lipinski definition) is 1. The molecule has 0 radical (unpaired) electrons. The van der Waals surface area contributed by atoms with Gasteiger partial charge < -0.3 is 5.73 Å². The van der Waals surface area contributed by atoms with Gasteiger partial charge in [0.1, 0.15) is 0 Å². The molecule has 0 rings (SSSR count). The summed E-state index contributed by atoms with van der Waals surface area (Å²) in [6.07, 6.45) is 5.39. The van der Waals surface area contributed by atoms with Crippen molar-refractivity contribution in [3.8, 4) is 0 Å². The summed E-state index contributed by atoms with van der Waals surface area (Å²) < 4.78 is 0. The van der Waals surface area contributed by atoms with Crippen molar-refractivity contribution in [2.75, 3.05) is 18.1 Å². The van der Waals surface area contributed by atoms with Gasteiger partial charge in [0.2, 0.25) is 0 Å². The van der Waals surface area contributed by atoms with Crippen molar-refractivity contribution in [2.45, 2.75) is 13.3 Å². The second-order valence-corrected chi connectivity index (χ2v) is 2.94. The Hall–Kier alpha value is 0.0500. The molecule has 2 heteroatoms. The van der Waals surface area contributed by atoms with E-state index in [0.717, 1.165) is 18.7 Å². The predicted molar refractivity (Wildman–Crippen MR) is 45.8 cm³/mol. The topological polar surface area (TPSA) is 26.0 Å². The Morgan fingerprint density at radius 2 is 2.33 bits per heavy atom. The van der Waals surface area contributed by atoms with Crippen LogP contribution in [-0.2, 0) is 0 Å². The molecule has 0 spiro atoms. The third-order valence-electron chi connectivity index (χ3n) is 0.943. The van der Waals surface area contributed by atoms with Crippen molar-refractivity contribution in [3.63, 3.8) is 0 Å². The van der Waals surface area contributed by atoms with Gasteiger partial charge in [0.05, 0.1) is 0 Å². The molecule has 0 aliphatic heterocycles. The molecular formula is C7H15NS. The van der Waals surface area contributed by atoms with Crippen LogP contribution >= 0.6 is 11.8 Å². The first kappa shape index (κ1) is 9.05. The highest BCUT2D eigenvalue weighted by atomic mass is 32.2. The van der Waals surface area contributed by atoms with E-state index in [4.69, 9.17) is 5.73 Å². The maximum atomic E-state index is 5.31. The molecule has 54 valence electrons. The Labute approximate surface area is 61.7 Å². The molecule has 2 N–H and O–H groups in total. The number of nitrogens with two attached hydrogens (primary N) is 1. The zero-order valence-corrected chi connectivity index (χ0v) is 6.79. The van der Waals surface area contributed by atoms with E-state index in [-0.39, 0.29) is 0 Å². The van der Waals surface area contributed by atoms with Crippen molar-refractivity contribution in [2.24, 2.45) is 5.73 Å². The summed E-state index contributed by atoms with van der Waals surface area (Å²) in [7, 11) is 0. The van der Waals surface area contributed by atoms with E-state index in [1.165, 1.54) is 5.75 Å². The van der Waals surface area contributed by atoms with Crippen LogP contribution in [0.15, 0.2) is 12.2 Å². The fourth-order valence-electron chi connectivity index (χ4n) is 0.433. The molecule has 0 aliphatic rings. The van der Waals surface area contributed by atoms with Gasteiger partial charge in [-0.1, -0.05) is 12.2 Å². The molecule has 0 saturated heterocycles. The molecule has 0 aromatic heterocycles. The Kier molecular flexibility index (Phi) is 8.09. The zero-order chi connectivity index (χ0) is 6.95. The summed E-state index contributed by atoms with van der Waals surface area (Å²) >= 11 is 1.94. The van der Waals surface area contributed by atoms with Crippen molar-refractivity contribution in [3.05, 3.63) is 12.2 Å². The number of hydrogen-bond acceptors (Lipinski definition) is 2. The fourth-order valence-corrected chi connectivity index (χ4v) is 1.30. The van der Waals surface area contributed by atoms with Crippen LogP contribution < -0.4 is 5.73 Å². The first-order valence-electron chi connectivity index (χ1n) is 3.30. The lowest BCUT2D eigenvalue weighted by atomic mass is 10.5. The van der Waals surface area contributed by atoms with Gasteiger partial charge in [-0.25, -0.2) is 0 Å². The maximum absolute atomic E-state index is 5.31. The molecule has 0 fully saturated rings. The van der Waals surface area contributed by atoms with Crippen LogP contribution in [-0.4, -0.2) is 18.1 Å². The Balaban J connectivity index is 2.75. The van der Waals surface area contributed by atoms with Crippen molar-refractivity contribution < 1.29 is 0 Å². The van der Waals surface area contributed by atoms with Gasteiger partial charge in [-0.2, -0.15) is 11.8 Å². The molecule has 9 heavy (non-hydrogen) atoms. The van der Waals surface area contributed by atoms with Gasteiger partial charge in [-0.3, -0.25) is 0 Å². The minimum Gasteiger partial charge on any atom is -0.330 e. The van der Waals surface area contributed by atoms with E-state index in [0.29, 0.717) is 0 Å². The largest absolute Gasteiger partial charge is 0.330 e. The van der Waals surface area contributed by atoms with Crippen LogP contribution in [0.5, 0.6) is 0 Å². The quantitative estimate of drug-likeness (QED) is 0.470. The number of allylic oxidation sites excluding steroid dienone is 1. The van der Waals surface area contributed by atoms with Crippen LogP contribution in [0.3, 0.4) is 0 Å². The SMILES string of the molecule is CC=CCSCCCN. The summed E-state index contributed by atoms with van der Waals surface area (Å²) in [5, 5.41) is 0. The minimum absolute atomic E-state index is 0.822. The van der Waals surface area contributed by atoms with Gasteiger partial charge in [-0.05, 0) is 25.6 Å². The first-order valence-corrected chi connectivity index (χ1v) is 4.46. The summed E-state index contributed by atoms with van der Waals surface area (Å²) in [6.45, 7) is 2.87. The molecule has 0 atom stereocenters. The second-order valence-electron chi connectivity index (χ2n) is 1.79. The van der Waals surface area contributed by atoms with Crippen molar-refractivity contribution in [1.29, 1.82) is 0 Å². The molecule has 0 bridgehead atoms. The monoisotopic (exact) mass is 145 g/mol. The van der Waals surface area contributed by atoms with Crippen molar-refractivity contribution >= 4 is 11.8 Å². The summed E-state index contributed by atoms with van der Waals surface area (Å²) in [5.74, 6) is 2.33. The van der Waals surface area contributed by atoms with Crippen LogP contribution in [0, 0.1) is 0 Å². The van der Waals surface area contributed by atoms with Gasteiger partial charge in [0.25, 0.3) is 0 Å². The lowest BCUT2D eigenvalue weighted by Gasteiger charge is -1.93. The highest BCUT2D eigenvalue weighted by Gasteiger charge is 1.82. The molecule has 0 aromatic rings. The highest BCUT2D eigenvalue weighted by Crippen LogP contribution is 2.00. The molecule has 0 saturated carbocycles. The molecule has 1 nitrogen and oxygen atoms in total. The van der Waals surface area contributed by atoms with E-state index in [2.05, 4.69) is 12.2 Å². The first-order chi connectivity index (χ1) is 4.41. The standard InChI is InChI=1S/C7H15NS/c1-2-3-6-9-7-4-5-8/h2-3H,4-8H2,1H3. The fraction of sp³-hybridized carbons (Fsp3) is 0.714. The van der Waals surface area contributed by atoms with Crippen LogP contribution in [0.2, 0.25) is 0 Å². The van der Waals surface area contributed by atoms with Crippen LogP contribution in [0.1, 0.15) is 13.3 Å². The van der Waals surface area contributed by atoms with Crippen LogP contribution in [0.25, 0.3) is 0 Å². The summed E-state index contributed by atoms with van der Waals surface area (Å²) in [6, 6.07) is 0. The molecule has 0 aromatic carbocycles. The normalized spacial score (nSPS) is 10.9. The molecule has 0 aliphatic carbocycles. The van der Waals surface area contributed by atoms with E-state index in [1.54, 1.807) is 0 Å². The third kappa shape index (κ3) is 8.05. The van der Waals surface area contributed by atoms with E-state index < -0.39 is 0 Å². The molecule has 0 amide bonds. The van der Waals surface area contributed by atoms with Crippen LogP contribution in [0.4, 0.5) is 0 Å².